The number of hydrogen-bond donors (Lipinski definition) is 0. The molecule has 4 bridgehead atoms. The number of rotatable bonds is 2. The summed E-state index contributed by atoms with van der Waals surface area (Å²) in [5.74, 6) is -6.51. The Labute approximate surface area is 334 Å². The second-order valence-corrected chi connectivity index (χ2v) is 17.0. The van der Waals surface area contributed by atoms with Crippen LogP contribution >= 0.6 is 46.4 Å². The Balaban J connectivity index is 0.000000172. The molecule has 0 aliphatic carbocycles. The van der Waals surface area contributed by atoms with Gasteiger partial charge in [-0.05, 0) is 52.0 Å². The third-order valence-electron chi connectivity index (χ3n) is 12.0. The van der Waals surface area contributed by atoms with Crippen molar-refractivity contribution < 1.29 is 55.0 Å². The minimum Gasteiger partial charge on any atom is -0.364 e. The van der Waals surface area contributed by atoms with Gasteiger partial charge in [-0.25, -0.2) is 19.5 Å². The largest absolute Gasteiger partial charge is 0.407 e. The highest BCUT2D eigenvalue weighted by molar-refractivity contribution is 6.35. The summed E-state index contributed by atoms with van der Waals surface area (Å²) in [6.07, 6.45) is -9.61. The van der Waals surface area contributed by atoms with Gasteiger partial charge < -0.3 is 9.47 Å². The minimum absolute atomic E-state index is 0.243. The van der Waals surface area contributed by atoms with Crippen LogP contribution in [0, 0.1) is 36.8 Å². The predicted octanol–water partition coefficient (Wildman–Crippen LogP) is 8.28. The van der Waals surface area contributed by atoms with Crippen molar-refractivity contribution in [3.63, 3.8) is 0 Å². The number of nitrogens with zero attached hydrogens (tertiary/aromatic N) is 4. The summed E-state index contributed by atoms with van der Waals surface area (Å²) in [4.78, 5) is 59.5. The van der Waals surface area contributed by atoms with Gasteiger partial charge in [-0.3, -0.25) is 19.2 Å². The first-order valence-electron chi connectivity index (χ1n) is 16.6. The van der Waals surface area contributed by atoms with Gasteiger partial charge in [0.25, 0.3) is 0 Å². The maximum atomic E-state index is 13.3. The maximum absolute atomic E-state index is 13.3. The average Bonchev–Trinajstić information content (AvgIpc) is 3.83. The number of anilines is 2. The lowest BCUT2D eigenvalue weighted by atomic mass is 9.68. The average molecular weight is 866 g/mol. The van der Waals surface area contributed by atoms with Crippen LogP contribution in [0.15, 0.2) is 36.4 Å². The fourth-order valence-corrected chi connectivity index (χ4v) is 11.1. The number of carbonyl (C=O) groups excluding carboxylic acids is 4. The van der Waals surface area contributed by atoms with Crippen LogP contribution in [0.4, 0.5) is 49.1 Å². The van der Waals surface area contributed by atoms with Crippen molar-refractivity contribution in [3.05, 3.63) is 70.4 Å². The normalized spacial score (nSPS) is 39.4. The number of halogens is 10. The van der Waals surface area contributed by atoms with Crippen LogP contribution in [0.3, 0.4) is 0 Å². The molecule has 296 valence electrons. The van der Waals surface area contributed by atoms with Crippen LogP contribution in [0.25, 0.3) is 9.69 Å². The summed E-state index contributed by atoms with van der Waals surface area (Å²) in [6, 6.07) is 5.50. The van der Waals surface area contributed by atoms with Gasteiger partial charge in [0.15, 0.2) is 11.4 Å². The van der Waals surface area contributed by atoms with E-state index in [0.717, 1.165) is 34.1 Å². The molecular formula is C36H26Cl4F6N4O6. The first kappa shape index (κ1) is 40.6. The predicted molar refractivity (Wildman–Crippen MR) is 189 cm³/mol. The third-order valence-corrected chi connectivity index (χ3v) is 15.0. The number of carbonyl (C=O) groups is 4. The maximum Gasteiger partial charge on any atom is 0.407 e. The van der Waals surface area contributed by atoms with E-state index in [1.54, 1.807) is 27.7 Å². The van der Waals surface area contributed by atoms with Gasteiger partial charge in [-0.2, -0.15) is 26.3 Å². The van der Waals surface area contributed by atoms with E-state index in [2.05, 4.69) is 9.69 Å². The molecular weight excluding hydrogens is 840 g/mol. The summed E-state index contributed by atoms with van der Waals surface area (Å²) < 4.78 is 91.6. The van der Waals surface area contributed by atoms with Gasteiger partial charge in [0.2, 0.25) is 23.6 Å². The Morgan fingerprint density at radius 2 is 0.804 bits per heavy atom. The second kappa shape index (κ2) is 12.4. The molecule has 0 spiro atoms. The van der Waals surface area contributed by atoms with Crippen molar-refractivity contribution in [1.82, 2.24) is 0 Å². The molecule has 2 aromatic carbocycles. The number of fused-ring (bicyclic) bond motifs is 10. The molecule has 6 saturated heterocycles. The van der Waals surface area contributed by atoms with E-state index in [4.69, 9.17) is 69.0 Å². The number of alkyl halides is 10. The number of hydrogen-bond acceptors (Lipinski definition) is 6. The standard InChI is InChI=1S/2C18H13Cl2F3N2O3/c2*1-16-10-11(17(2,28-16)13(20)12(16)19)15(27)25(14(10)26)7-4-5-9(24-3)8(6-7)18(21,22)23/h2*4-6,10-13H,1-2H3/t2*10-,11+,12-,13-,16?,17?/m10/s1. The molecule has 0 N–H and O–H groups in total. The first-order valence-corrected chi connectivity index (χ1v) is 18.4. The van der Waals surface area contributed by atoms with Gasteiger partial charge in [-0.15, -0.1) is 46.4 Å². The van der Waals surface area contributed by atoms with Crippen LogP contribution in [-0.2, 0) is 41.0 Å². The summed E-state index contributed by atoms with van der Waals surface area (Å²) >= 11 is 25.5. The van der Waals surface area contributed by atoms with E-state index in [-0.39, 0.29) is 11.4 Å². The molecule has 10 nitrogen and oxygen atoms in total. The third kappa shape index (κ3) is 5.15. The van der Waals surface area contributed by atoms with Crippen LogP contribution in [0.5, 0.6) is 0 Å². The van der Waals surface area contributed by atoms with Gasteiger partial charge >= 0.3 is 12.4 Å². The van der Waals surface area contributed by atoms with Gasteiger partial charge in [0.05, 0.1) is 91.9 Å². The molecule has 2 aromatic rings. The van der Waals surface area contributed by atoms with E-state index in [0.29, 0.717) is 12.1 Å². The lowest BCUT2D eigenvalue weighted by molar-refractivity contribution is -0.137. The van der Waals surface area contributed by atoms with Crippen LogP contribution in [0.2, 0.25) is 0 Å². The first-order chi connectivity index (χ1) is 25.7. The van der Waals surface area contributed by atoms with Crippen molar-refractivity contribution in [1.29, 1.82) is 0 Å². The highest BCUT2D eigenvalue weighted by Gasteiger charge is 2.80. The van der Waals surface area contributed by atoms with Gasteiger partial charge in [0, 0.05) is 11.4 Å². The monoisotopic (exact) mass is 864 g/mol. The van der Waals surface area contributed by atoms with E-state index in [1.807, 2.05) is 0 Å². The Hall–Kier alpha value is -3.64. The molecule has 6 fully saturated rings. The Morgan fingerprint density at radius 1 is 0.554 bits per heavy atom. The summed E-state index contributed by atoms with van der Waals surface area (Å²) in [7, 11) is 0. The molecule has 56 heavy (non-hydrogen) atoms. The number of amides is 4. The molecule has 4 unspecified atom stereocenters. The molecule has 0 saturated carbocycles. The van der Waals surface area contributed by atoms with E-state index < -0.39 is 126 Å². The van der Waals surface area contributed by atoms with Crippen molar-refractivity contribution in [2.75, 3.05) is 9.80 Å². The highest BCUT2D eigenvalue weighted by Crippen LogP contribution is 2.65. The number of ether oxygens (including phenoxy) is 2. The van der Waals surface area contributed by atoms with Gasteiger partial charge in [0.1, 0.15) is 0 Å². The molecule has 6 heterocycles. The fourth-order valence-electron chi connectivity index (χ4n) is 9.41. The molecule has 8 rings (SSSR count). The molecule has 0 aromatic heterocycles. The Kier molecular flexibility index (Phi) is 9.00. The molecule has 12 atom stereocenters. The van der Waals surface area contributed by atoms with Crippen LogP contribution in [-0.4, -0.2) is 67.5 Å². The van der Waals surface area contributed by atoms with E-state index in [1.165, 1.54) is 0 Å². The molecule has 20 heteroatoms. The second-order valence-electron chi connectivity index (χ2n) is 15.1. The Morgan fingerprint density at radius 3 is 1.02 bits per heavy atom. The van der Waals surface area contributed by atoms with Crippen molar-refractivity contribution in [2.24, 2.45) is 23.7 Å². The van der Waals surface area contributed by atoms with Crippen molar-refractivity contribution >= 4 is 92.8 Å². The number of imide groups is 2. The van der Waals surface area contributed by atoms with Crippen molar-refractivity contribution in [3.8, 4) is 0 Å². The minimum atomic E-state index is -4.81. The molecule has 0 radical (unpaired) electrons. The Bertz CT molecular complexity index is 2000. The summed E-state index contributed by atoms with van der Waals surface area (Å²) in [5.41, 5.74) is -8.97. The molecule has 4 amide bonds. The quantitative estimate of drug-likeness (QED) is 0.131. The summed E-state index contributed by atoms with van der Waals surface area (Å²) in [5, 5.41) is -2.97. The van der Waals surface area contributed by atoms with E-state index >= 15 is 0 Å². The van der Waals surface area contributed by atoms with Gasteiger partial charge in [-0.1, -0.05) is 12.1 Å². The molecule has 6 aliphatic rings. The lowest BCUT2D eigenvalue weighted by Crippen LogP contribution is -2.53. The van der Waals surface area contributed by atoms with Crippen LogP contribution in [0.1, 0.15) is 38.8 Å². The van der Waals surface area contributed by atoms with E-state index in [9.17, 15) is 45.5 Å². The topological polar surface area (TPSA) is 102 Å². The zero-order chi connectivity index (χ0) is 41.6. The smallest absolute Gasteiger partial charge is 0.364 e. The zero-order valence-electron chi connectivity index (χ0n) is 29.1. The van der Waals surface area contributed by atoms with Crippen LogP contribution < -0.4 is 9.80 Å². The van der Waals surface area contributed by atoms with Crippen molar-refractivity contribution in [2.45, 2.75) is 84.0 Å². The SMILES string of the molecule is [C-]#[N+]c1ccc(N2C(=O)[C@@H]3[C@H](C2=O)C2(C)OC3(C)[C@@H](Cl)[C@@H]2Cl)cc1C(F)(F)F.[C-]#[N+]c1ccc(N2C(=O)[C@@H]3[C@H](C2=O)C2(C)OC3(C)[C@H](Cl)[C@H]2Cl)cc1C(F)(F)F. The lowest BCUT2D eigenvalue weighted by Gasteiger charge is -2.35. The zero-order valence-corrected chi connectivity index (χ0v) is 32.1. The summed E-state index contributed by atoms with van der Waals surface area (Å²) in [6.45, 7) is 20.2. The fraction of sp³-hybridized carbons (Fsp3) is 0.500. The highest BCUT2D eigenvalue weighted by atomic mass is 35.5. The number of benzene rings is 2. The molecule has 6 aliphatic heterocycles.